The first-order valence-electron chi connectivity index (χ1n) is 5.99. The van der Waals surface area contributed by atoms with Crippen LogP contribution in [0, 0.1) is 0 Å². The van der Waals surface area contributed by atoms with Gasteiger partial charge >= 0.3 is 5.63 Å². The molecular formula is C14H14O6. The number of aromatic hydroxyl groups is 1. The van der Waals surface area contributed by atoms with Crippen LogP contribution in [0.15, 0.2) is 39.7 Å². The van der Waals surface area contributed by atoms with Gasteiger partial charge in [0.05, 0.1) is 18.3 Å². The van der Waals surface area contributed by atoms with Crippen LogP contribution in [0.25, 0.3) is 11.0 Å². The van der Waals surface area contributed by atoms with Gasteiger partial charge in [0.25, 0.3) is 5.75 Å². The second-order valence-electron chi connectivity index (χ2n) is 3.86. The number of para-hydroxylation sites is 1. The van der Waals surface area contributed by atoms with E-state index in [-0.39, 0.29) is 36.0 Å². The van der Waals surface area contributed by atoms with Crippen LogP contribution in [0.2, 0.25) is 0 Å². The fourth-order valence-electron chi connectivity index (χ4n) is 1.67. The van der Waals surface area contributed by atoms with Gasteiger partial charge in [-0.25, -0.2) is 4.79 Å². The van der Waals surface area contributed by atoms with E-state index in [1.165, 1.54) is 6.26 Å². The Hall–Kier alpha value is -2.47. The molecule has 0 bridgehead atoms. The van der Waals surface area contributed by atoms with Gasteiger partial charge in [0.1, 0.15) is 6.61 Å². The molecule has 6 heteroatoms. The molecule has 0 aliphatic rings. The summed E-state index contributed by atoms with van der Waals surface area (Å²) in [7, 11) is 0. The van der Waals surface area contributed by atoms with Crippen molar-refractivity contribution in [2.24, 2.45) is 0 Å². The summed E-state index contributed by atoms with van der Waals surface area (Å²) in [4.78, 5) is 11.8. The number of hydrogen-bond donors (Lipinski definition) is 2. The Balaban J connectivity index is 2.60. The van der Waals surface area contributed by atoms with Gasteiger partial charge in [0.15, 0.2) is 17.1 Å². The van der Waals surface area contributed by atoms with Crippen LogP contribution in [0.4, 0.5) is 0 Å². The third kappa shape index (κ3) is 2.60. The molecule has 0 aliphatic carbocycles. The molecule has 0 saturated heterocycles. The third-order valence-corrected chi connectivity index (χ3v) is 2.50. The fraction of sp³-hybridized carbons (Fsp3) is 0.214. The molecule has 0 atom stereocenters. The van der Waals surface area contributed by atoms with E-state index in [2.05, 4.69) is 0 Å². The summed E-state index contributed by atoms with van der Waals surface area (Å²) in [6, 6.07) is 4.78. The minimum absolute atomic E-state index is 0.0560. The molecule has 0 saturated carbocycles. The molecule has 1 heterocycles. The van der Waals surface area contributed by atoms with Crippen molar-refractivity contribution in [3.05, 3.63) is 41.0 Å². The number of benzene rings is 1. The Morgan fingerprint density at radius 2 is 2.20 bits per heavy atom. The van der Waals surface area contributed by atoms with E-state index in [4.69, 9.17) is 19.0 Å². The zero-order valence-corrected chi connectivity index (χ0v) is 10.8. The van der Waals surface area contributed by atoms with Gasteiger partial charge < -0.3 is 24.1 Å². The van der Waals surface area contributed by atoms with Crippen molar-refractivity contribution >= 4 is 11.0 Å². The van der Waals surface area contributed by atoms with Gasteiger partial charge in [-0.3, -0.25) is 0 Å². The van der Waals surface area contributed by atoms with Crippen molar-refractivity contribution < 1.29 is 24.1 Å². The molecule has 2 N–H and O–H groups in total. The topological polar surface area (TPSA) is 89.1 Å². The first kappa shape index (κ1) is 14.0. The average molecular weight is 278 g/mol. The minimum Gasteiger partial charge on any atom is -0.504 e. The second kappa shape index (κ2) is 6.12. The van der Waals surface area contributed by atoms with E-state index in [0.717, 1.165) is 0 Å². The summed E-state index contributed by atoms with van der Waals surface area (Å²) >= 11 is 0. The van der Waals surface area contributed by atoms with Crippen molar-refractivity contribution in [3.8, 4) is 17.2 Å². The number of hydrogen-bond acceptors (Lipinski definition) is 6. The second-order valence-corrected chi connectivity index (χ2v) is 3.86. The van der Waals surface area contributed by atoms with Crippen molar-refractivity contribution in [2.75, 3.05) is 13.2 Å². The highest BCUT2D eigenvalue weighted by molar-refractivity contribution is 5.89. The first-order valence-corrected chi connectivity index (χ1v) is 5.99. The van der Waals surface area contributed by atoms with Gasteiger partial charge in [-0.05, 0) is 19.1 Å². The summed E-state index contributed by atoms with van der Waals surface area (Å²) < 4.78 is 15.4. The van der Waals surface area contributed by atoms with Gasteiger partial charge in [-0.2, -0.15) is 0 Å². The van der Waals surface area contributed by atoms with Crippen LogP contribution in [-0.4, -0.2) is 23.4 Å². The molecule has 0 radical (unpaired) electrons. The summed E-state index contributed by atoms with van der Waals surface area (Å²) in [5.41, 5.74) is -0.704. The van der Waals surface area contributed by atoms with E-state index in [0.29, 0.717) is 5.39 Å². The lowest BCUT2D eigenvalue weighted by molar-refractivity contribution is 0.201. The number of fused-ring (bicyclic) bond motifs is 1. The van der Waals surface area contributed by atoms with Gasteiger partial charge in [0.2, 0.25) is 0 Å². The van der Waals surface area contributed by atoms with Crippen molar-refractivity contribution in [2.45, 2.75) is 6.92 Å². The highest BCUT2D eigenvalue weighted by Crippen LogP contribution is 2.35. The number of aliphatic hydroxyl groups excluding tert-OH is 1. The van der Waals surface area contributed by atoms with Crippen LogP contribution < -0.4 is 15.1 Å². The van der Waals surface area contributed by atoms with Gasteiger partial charge in [-0.1, -0.05) is 12.1 Å². The average Bonchev–Trinajstić information content (AvgIpc) is 2.45. The Bertz CT molecular complexity index is 686. The van der Waals surface area contributed by atoms with Crippen molar-refractivity contribution in [1.82, 2.24) is 0 Å². The molecule has 2 aromatic rings. The third-order valence-electron chi connectivity index (χ3n) is 2.50. The monoisotopic (exact) mass is 278 g/mol. The van der Waals surface area contributed by atoms with E-state index in [1.54, 1.807) is 31.2 Å². The van der Waals surface area contributed by atoms with Crippen molar-refractivity contribution in [3.63, 3.8) is 0 Å². The smallest absolute Gasteiger partial charge is 0.383 e. The maximum Gasteiger partial charge on any atom is 0.383 e. The van der Waals surface area contributed by atoms with Crippen LogP contribution in [0.1, 0.15) is 6.92 Å². The number of ether oxygens (including phenoxy) is 2. The Kier molecular flexibility index (Phi) is 4.27. The zero-order chi connectivity index (χ0) is 14.5. The number of rotatable bonds is 5. The predicted molar refractivity (Wildman–Crippen MR) is 72.2 cm³/mol. The Morgan fingerprint density at radius 3 is 2.90 bits per heavy atom. The van der Waals surface area contributed by atoms with E-state index < -0.39 is 5.63 Å². The van der Waals surface area contributed by atoms with Gasteiger partial charge in [-0.15, -0.1) is 0 Å². The van der Waals surface area contributed by atoms with E-state index >= 15 is 0 Å². The molecule has 0 amide bonds. The minimum atomic E-state index is -0.812. The standard InChI is InChI=1S/C14H14O6/c1-2-7-19-13-11(16)9-4-3-5-10(18-8-6-15)12(9)20-14(13)17/h2-5,7,15-16H,6,8H2,1H3. The summed E-state index contributed by atoms with van der Waals surface area (Å²) in [5, 5.41) is 19.1. The molecule has 0 fully saturated rings. The molecule has 1 aromatic heterocycles. The maximum atomic E-state index is 11.8. The van der Waals surface area contributed by atoms with Crippen molar-refractivity contribution in [1.29, 1.82) is 0 Å². The molecule has 0 aliphatic heterocycles. The molecule has 0 unspecified atom stereocenters. The quantitative estimate of drug-likeness (QED) is 0.640. The molecule has 6 nitrogen and oxygen atoms in total. The lowest BCUT2D eigenvalue weighted by Gasteiger charge is -2.09. The fourth-order valence-corrected chi connectivity index (χ4v) is 1.67. The molecule has 20 heavy (non-hydrogen) atoms. The largest absolute Gasteiger partial charge is 0.504 e. The summed E-state index contributed by atoms with van der Waals surface area (Å²) in [6.07, 6.45) is 2.84. The molecular weight excluding hydrogens is 264 g/mol. The number of allylic oxidation sites excluding steroid dienone is 1. The van der Waals surface area contributed by atoms with E-state index in [9.17, 15) is 9.90 Å². The lowest BCUT2D eigenvalue weighted by Crippen LogP contribution is -2.06. The molecule has 1 aromatic carbocycles. The zero-order valence-electron chi connectivity index (χ0n) is 10.8. The normalized spacial score (nSPS) is 11.1. The maximum absolute atomic E-state index is 11.8. The number of aliphatic hydroxyl groups is 1. The highest BCUT2D eigenvalue weighted by atomic mass is 16.5. The highest BCUT2D eigenvalue weighted by Gasteiger charge is 2.17. The summed E-state index contributed by atoms with van der Waals surface area (Å²) in [5.74, 6) is -0.333. The Labute approximate surface area is 114 Å². The van der Waals surface area contributed by atoms with Crippen LogP contribution in [-0.2, 0) is 0 Å². The summed E-state index contributed by atoms with van der Waals surface area (Å²) in [6.45, 7) is 1.59. The molecule has 2 rings (SSSR count). The van der Waals surface area contributed by atoms with Crippen LogP contribution in [0.3, 0.4) is 0 Å². The predicted octanol–water partition coefficient (Wildman–Crippen LogP) is 1.78. The van der Waals surface area contributed by atoms with Crippen LogP contribution >= 0.6 is 0 Å². The SMILES string of the molecule is CC=COc1c(O)c2cccc(OCCO)c2oc1=O. The van der Waals surface area contributed by atoms with E-state index in [1.807, 2.05) is 0 Å². The Morgan fingerprint density at radius 1 is 1.40 bits per heavy atom. The lowest BCUT2D eigenvalue weighted by atomic mass is 10.2. The molecule has 106 valence electrons. The van der Waals surface area contributed by atoms with Gasteiger partial charge in [0, 0.05) is 0 Å². The van der Waals surface area contributed by atoms with Crippen LogP contribution in [0.5, 0.6) is 17.2 Å². The first-order chi connectivity index (χ1) is 9.69. The molecule has 0 spiro atoms.